The summed E-state index contributed by atoms with van der Waals surface area (Å²) in [7, 11) is 0. The van der Waals surface area contributed by atoms with Crippen LogP contribution < -0.4 is 5.32 Å². The lowest BCUT2D eigenvalue weighted by Crippen LogP contribution is -2.63. The Morgan fingerprint density at radius 1 is 1.29 bits per heavy atom. The zero-order chi connectivity index (χ0) is 14.3. The fourth-order valence-corrected chi connectivity index (χ4v) is 5.69. The normalized spacial score (nSPS) is 31.7. The van der Waals surface area contributed by atoms with Gasteiger partial charge in [-0.25, -0.2) is 0 Å². The van der Waals surface area contributed by atoms with Crippen LogP contribution in [-0.2, 0) is 6.42 Å². The predicted octanol–water partition coefficient (Wildman–Crippen LogP) is 3.31. The second kappa shape index (κ2) is 5.60. The van der Waals surface area contributed by atoms with Crippen molar-refractivity contribution in [2.45, 2.75) is 60.8 Å². The molecule has 4 rings (SSSR count). The maximum Gasteiger partial charge on any atom is 0.0309 e. The summed E-state index contributed by atoms with van der Waals surface area (Å²) in [6.07, 6.45) is 6.85. The molecule has 2 aliphatic heterocycles. The van der Waals surface area contributed by atoms with Crippen molar-refractivity contribution < 1.29 is 0 Å². The lowest BCUT2D eigenvalue weighted by Gasteiger charge is -2.46. The van der Waals surface area contributed by atoms with Gasteiger partial charge in [0.2, 0.25) is 0 Å². The number of thioether (sulfide) groups is 1. The van der Waals surface area contributed by atoms with Crippen LogP contribution in [0.15, 0.2) is 29.2 Å². The molecule has 0 amide bonds. The molecule has 1 saturated carbocycles. The van der Waals surface area contributed by atoms with Gasteiger partial charge in [-0.15, -0.1) is 11.8 Å². The molecule has 2 nitrogen and oxygen atoms in total. The van der Waals surface area contributed by atoms with Gasteiger partial charge in [-0.3, -0.25) is 4.90 Å². The Bertz CT molecular complexity index is 485. The van der Waals surface area contributed by atoms with Crippen LogP contribution in [0.25, 0.3) is 0 Å². The van der Waals surface area contributed by atoms with Crippen LogP contribution in [0.5, 0.6) is 0 Å². The molecular weight excluding hydrogens is 276 g/mol. The van der Waals surface area contributed by atoms with Gasteiger partial charge in [0.05, 0.1) is 0 Å². The first-order valence-corrected chi connectivity index (χ1v) is 9.36. The fraction of sp³-hybridized carbons (Fsp3) is 0.667. The van der Waals surface area contributed by atoms with E-state index in [1.807, 2.05) is 0 Å². The van der Waals surface area contributed by atoms with E-state index in [2.05, 4.69) is 53.2 Å². The van der Waals surface area contributed by atoms with Gasteiger partial charge >= 0.3 is 0 Å². The number of benzene rings is 1. The number of hydrogen-bond acceptors (Lipinski definition) is 3. The van der Waals surface area contributed by atoms with Crippen molar-refractivity contribution in [3.8, 4) is 0 Å². The van der Waals surface area contributed by atoms with E-state index >= 15 is 0 Å². The Morgan fingerprint density at radius 3 is 2.90 bits per heavy atom. The third-order valence-electron chi connectivity index (χ3n) is 5.61. The van der Waals surface area contributed by atoms with Crippen LogP contribution in [-0.4, -0.2) is 41.4 Å². The van der Waals surface area contributed by atoms with Gasteiger partial charge in [0.25, 0.3) is 0 Å². The van der Waals surface area contributed by atoms with E-state index in [1.165, 1.54) is 56.6 Å². The molecule has 2 fully saturated rings. The van der Waals surface area contributed by atoms with Crippen molar-refractivity contribution >= 4 is 11.8 Å². The molecule has 1 aromatic carbocycles. The summed E-state index contributed by atoms with van der Waals surface area (Å²) in [4.78, 5) is 4.28. The van der Waals surface area contributed by atoms with Gasteiger partial charge in [-0.2, -0.15) is 0 Å². The van der Waals surface area contributed by atoms with Gasteiger partial charge in [0, 0.05) is 41.4 Å². The number of fused-ring (bicyclic) bond motifs is 1. The number of nitrogens with zero attached hydrogens (tertiary/aromatic N) is 1. The van der Waals surface area contributed by atoms with Crippen LogP contribution >= 0.6 is 11.8 Å². The van der Waals surface area contributed by atoms with Crippen molar-refractivity contribution in [3.05, 3.63) is 29.8 Å². The fourth-order valence-electron chi connectivity index (χ4n) is 4.34. The standard InChI is InChI=1S/C18H26N2S/c1-14-11-19-18(8-4-5-9-18)13-20(14)12-16-10-15-6-2-3-7-17(15)21-16/h2-3,6-7,14,16,19H,4-5,8-13H2,1H3. The first-order chi connectivity index (χ1) is 10.2. The van der Waals surface area contributed by atoms with Gasteiger partial charge < -0.3 is 5.32 Å². The molecule has 1 aromatic rings. The Balaban J connectivity index is 1.42. The Morgan fingerprint density at radius 2 is 2.10 bits per heavy atom. The number of piperazine rings is 1. The highest BCUT2D eigenvalue weighted by Crippen LogP contribution is 2.39. The van der Waals surface area contributed by atoms with E-state index < -0.39 is 0 Å². The van der Waals surface area contributed by atoms with Crippen LogP contribution in [0.3, 0.4) is 0 Å². The SMILES string of the molecule is CC1CNC2(CCCC2)CN1CC1Cc2ccccc2S1. The van der Waals surface area contributed by atoms with E-state index in [-0.39, 0.29) is 0 Å². The van der Waals surface area contributed by atoms with Gasteiger partial charge in [0.15, 0.2) is 0 Å². The lowest BCUT2D eigenvalue weighted by molar-refractivity contribution is 0.0898. The molecule has 3 heteroatoms. The monoisotopic (exact) mass is 302 g/mol. The molecule has 1 spiro atoms. The van der Waals surface area contributed by atoms with Crippen LogP contribution in [0.4, 0.5) is 0 Å². The first-order valence-electron chi connectivity index (χ1n) is 8.48. The summed E-state index contributed by atoms with van der Waals surface area (Å²) >= 11 is 2.10. The maximum absolute atomic E-state index is 3.87. The largest absolute Gasteiger partial charge is 0.308 e. The summed E-state index contributed by atoms with van der Waals surface area (Å²) in [5, 5.41) is 4.62. The van der Waals surface area contributed by atoms with Crippen LogP contribution in [0.2, 0.25) is 0 Å². The average Bonchev–Trinajstić information content (AvgIpc) is 3.09. The molecule has 2 heterocycles. The molecule has 114 valence electrons. The van der Waals surface area contributed by atoms with Crippen molar-refractivity contribution in [1.29, 1.82) is 0 Å². The van der Waals surface area contributed by atoms with E-state index in [0.29, 0.717) is 11.6 Å². The van der Waals surface area contributed by atoms with Gasteiger partial charge in [-0.1, -0.05) is 31.0 Å². The van der Waals surface area contributed by atoms with Crippen molar-refractivity contribution in [2.75, 3.05) is 19.6 Å². The van der Waals surface area contributed by atoms with Crippen molar-refractivity contribution in [2.24, 2.45) is 0 Å². The minimum absolute atomic E-state index is 0.447. The number of hydrogen-bond donors (Lipinski definition) is 1. The molecule has 1 aliphatic carbocycles. The molecule has 2 atom stereocenters. The number of nitrogens with one attached hydrogen (secondary N) is 1. The second-order valence-corrected chi connectivity index (χ2v) is 8.54. The minimum Gasteiger partial charge on any atom is -0.308 e. The van der Waals surface area contributed by atoms with E-state index in [9.17, 15) is 0 Å². The topological polar surface area (TPSA) is 15.3 Å². The molecular formula is C18H26N2S. The van der Waals surface area contributed by atoms with Crippen LogP contribution in [0, 0.1) is 0 Å². The molecule has 0 aromatic heterocycles. The van der Waals surface area contributed by atoms with Gasteiger partial charge in [-0.05, 0) is 37.8 Å². The summed E-state index contributed by atoms with van der Waals surface area (Å²) in [5.41, 5.74) is 2.01. The van der Waals surface area contributed by atoms with E-state index in [4.69, 9.17) is 0 Å². The highest BCUT2D eigenvalue weighted by Gasteiger charge is 2.40. The predicted molar refractivity (Wildman–Crippen MR) is 90.0 cm³/mol. The summed E-state index contributed by atoms with van der Waals surface area (Å²) < 4.78 is 0. The Kier molecular flexibility index (Phi) is 3.76. The van der Waals surface area contributed by atoms with Crippen molar-refractivity contribution in [3.63, 3.8) is 0 Å². The molecule has 21 heavy (non-hydrogen) atoms. The number of rotatable bonds is 2. The smallest absolute Gasteiger partial charge is 0.0309 e. The highest BCUT2D eigenvalue weighted by molar-refractivity contribution is 8.00. The molecule has 0 bridgehead atoms. The summed E-state index contributed by atoms with van der Waals surface area (Å²) in [5.74, 6) is 0. The molecule has 2 unspecified atom stereocenters. The third kappa shape index (κ3) is 2.76. The lowest BCUT2D eigenvalue weighted by atomic mass is 9.92. The van der Waals surface area contributed by atoms with E-state index in [1.54, 1.807) is 5.56 Å². The minimum atomic E-state index is 0.447. The average molecular weight is 302 g/mol. The Hall–Kier alpha value is -0.510. The molecule has 1 N–H and O–H groups in total. The maximum atomic E-state index is 3.87. The summed E-state index contributed by atoms with van der Waals surface area (Å²) in [6, 6.07) is 9.64. The zero-order valence-corrected chi connectivity index (χ0v) is 13.8. The van der Waals surface area contributed by atoms with Crippen molar-refractivity contribution in [1.82, 2.24) is 10.2 Å². The second-order valence-electron chi connectivity index (χ2n) is 7.20. The Labute approximate surface area is 132 Å². The molecule has 0 radical (unpaired) electrons. The van der Waals surface area contributed by atoms with Crippen LogP contribution in [0.1, 0.15) is 38.2 Å². The molecule has 3 aliphatic rings. The zero-order valence-electron chi connectivity index (χ0n) is 13.0. The van der Waals surface area contributed by atoms with Gasteiger partial charge in [0.1, 0.15) is 0 Å². The first kappa shape index (κ1) is 14.1. The molecule has 1 saturated heterocycles. The van der Waals surface area contributed by atoms with E-state index in [0.717, 1.165) is 5.25 Å². The third-order valence-corrected chi connectivity index (χ3v) is 6.92. The quantitative estimate of drug-likeness (QED) is 0.902. The summed E-state index contributed by atoms with van der Waals surface area (Å²) in [6.45, 7) is 6.08. The highest BCUT2D eigenvalue weighted by atomic mass is 32.2.